The molecular weight excluding hydrogens is 354 g/mol. The lowest BCUT2D eigenvalue weighted by atomic mass is 10.0. The fourth-order valence-corrected chi connectivity index (χ4v) is 4.33. The Morgan fingerprint density at radius 2 is 1.45 bits per heavy atom. The van der Waals surface area contributed by atoms with E-state index in [0.717, 1.165) is 5.69 Å². The van der Waals surface area contributed by atoms with E-state index in [1.54, 1.807) is 0 Å². The second kappa shape index (κ2) is 6.78. The van der Waals surface area contributed by atoms with Gasteiger partial charge < -0.3 is 9.80 Å². The quantitative estimate of drug-likeness (QED) is 0.310. The summed E-state index contributed by atoms with van der Waals surface area (Å²) in [5.41, 5.74) is 4.80. The number of hydrogen-bond acceptors (Lipinski definition) is 1. The van der Waals surface area contributed by atoms with Crippen LogP contribution in [0.3, 0.4) is 0 Å². The van der Waals surface area contributed by atoms with Crippen molar-refractivity contribution in [2.24, 2.45) is 0 Å². The van der Waals surface area contributed by atoms with Gasteiger partial charge in [-0.1, -0.05) is 78.9 Å². The molecule has 0 atom stereocenters. The molecule has 4 aromatic rings. The van der Waals surface area contributed by atoms with Crippen molar-refractivity contribution in [3.05, 3.63) is 89.5 Å². The molecule has 4 aromatic carbocycles. The highest BCUT2D eigenvalue weighted by atomic mass is 15.3. The summed E-state index contributed by atoms with van der Waals surface area (Å²) >= 11 is 0. The summed E-state index contributed by atoms with van der Waals surface area (Å²) in [6, 6.07) is 25.5. The molecule has 0 amide bonds. The van der Waals surface area contributed by atoms with Gasteiger partial charge in [-0.3, -0.25) is 5.41 Å². The average Bonchev–Trinajstić information content (AvgIpc) is 3.18. The molecule has 5 rings (SSSR count). The van der Waals surface area contributed by atoms with Crippen molar-refractivity contribution in [1.82, 2.24) is 4.90 Å². The Kier molecular flexibility index (Phi) is 4.09. The topological polar surface area (TPSA) is 30.3 Å². The summed E-state index contributed by atoms with van der Waals surface area (Å²) in [7, 11) is 3.97. The molecule has 1 aliphatic carbocycles. The Balaban J connectivity index is 1.46. The third kappa shape index (κ3) is 2.87. The fourth-order valence-electron chi connectivity index (χ4n) is 4.33. The number of fused-ring (bicyclic) bond motifs is 1. The summed E-state index contributed by atoms with van der Waals surface area (Å²) in [5.74, 6) is 0.476. The van der Waals surface area contributed by atoms with Crippen molar-refractivity contribution >= 4 is 45.3 Å². The molecule has 0 aliphatic heterocycles. The number of rotatable bonds is 3. The van der Waals surface area contributed by atoms with Crippen LogP contribution in [0, 0.1) is 5.41 Å². The average molecular weight is 377 g/mol. The zero-order valence-corrected chi connectivity index (χ0v) is 16.7. The van der Waals surface area contributed by atoms with Gasteiger partial charge in [-0.05, 0) is 38.9 Å². The van der Waals surface area contributed by atoms with Gasteiger partial charge in [-0.25, -0.2) is 0 Å². The van der Waals surface area contributed by atoms with Crippen LogP contribution in [-0.2, 0) is 6.54 Å². The molecule has 3 nitrogen and oxygen atoms in total. The second-order valence-corrected chi connectivity index (χ2v) is 7.65. The third-order valence-corrected chi connectivity index (χ3v) is 5.85. The highest BCUT2D eigenvalue weighted by Crippen LogP contribution is 2.36. The van der Waals surface area contributed by atoms with Gasteiger partial charge in [0, 0.05) is 26.0 Å². The van der Waals surface area contributed by atoms with Gasteiger partial charge in [0.2, 0.25) is 0 Å². The highest BCUT2D eigenvalue weighted by Gasteiger charge is 2.18. The molecule has 0 saturated carbocycles. The van der Waals surface area contributed by atoms with E-state index in [1.165, 1.54) is 38.2 Å². The number of benzene rings is 4. The van der Waals surface area contributed by atoms with E-state index in [0.29, 0.717) is 12.5 Å². The minimum Gasteiger partial charge on any atom is -0.341 e. The predicted octanol–water partition coefficient (Wildman–Crippen LogP) is 5.98. The number of hydrogen-bond donors (Lipinski definition) is 1. The molecule has 29 heavy (non-hydrogen) atoms. The Morgan fingerprint density at radius 1 is 0.759 bits per heavy atom. The summed E-state index contributed by atoms with van der Waals surface area (Å²) < 4.78 is 0. The van der Waals surface area contributed by atoms with E-state index in [1.807, 2.05) is 23.9 Å². The Hall–Kier alpha value is -3.59. The molecule has 0 heterocycles. The standard InChI is InChI=1S/C26H23N3/c1-28(17-21-10-5-8-18-7-3-4-11-22(18)21)26(27)29(2)24-16-15-20-14-13-19-9-6-12-23(24)25(19)20/h3-16,27H,17H2,1-2H3. The molecule has 142 valence electrons. The maximum Gasteiger partial charge on any atom is 0.198 e. The highest BCUT2D eigenvalue weighted by molar-refractivity contribution is 6.12. The van der Waals surface area contributed by atoms with E-state index in [-0.39, 0.29) is 0 Å². The Morgan fingerprint density at radius 3 is 2.31 bits per heavy atom. The molecule has 0 unspecified atom stereocenters. The van der Waals surface area contributed by atoms with E-state index in [2.05, 4.69) is 84.9 Å². The molecule has 0 aromatic heterocycles. The Labute approximate surface area is 171 Å². The van der Waals surface area contributed by atoms with Crippen LogP contribution in [0.15, 0.2) is 72.8 Å². The second-order valence-electron chi connectivity index (χ2n) is 7.65. The van der Waals surface area contributed by atoms with Gasteiger partial charge in [-0.2, -0.15) is 0 Å². The van der Waals surface area contributed by atoms with Gasteiger partial charge in [0.15, 0.2) is 5.96 Å². The molecule has 1 aliphatic rings. The van der Waals surface area contributed by atoms with Crippen LogP contribution in [0.25, 0.3) is 33.7 Å². The van der Waals surface area contributed by atoms with Crippen molar-refractivity contribution < 1.29 is 0 Å². The molecule has 1 N–H and O–H groups in total. The minimum absolute atomic E-state index is 0.476. The van der Waals surface area contributed by atoms with Gasteiger partial charge in [0.1, 0.15) is 0 Å². The van der Waals surface area contributed by atoms with Gasteiger partial charge in [0.25, 0.3) is 0 Å². The third-order valence-electron chi connectivity index (χ3n) is 5.85. The van der Waals surface area contributed by atoms with Crippen LogP contribution < -0.4 is 4.90 Å². The Bertz CT molecular complexity index is 1270. The normalized spacial score (nSPS) is 11.9. The number of nitrogens with zero attached hydrogens (tertiary/aromatic N) is 2. The van der Waals surface area contributed by atoms with Crippen molar-refractivity contribution in [2.75, 3.05) is 19.0 Å². The van der Waals surface area contributed by atoms with Gasteiger partial charge >= 0.3 is 0 Å². The number of anilines is 1. The van der Waals surface area contributed by atoms with E-state index >= 15 is 0 Å². The minimum atomic E-state index is 0.476. The fraction of sp³-hybridized carbons (Fsp3) is 0.115. The summed E-state index contributed by atoms with van der Waals surface area (Å²) in [6.45, 7) is 0.688. The first kappa shape index (κ1) is 17.5. The van der Waals surface area contributed by atoms with Gasteiger partial charge in [0.05, 0.1) is 5.69 Å². The lowest BCUT2D eigenvalue weighted by Crippen LogP contribution is -2.39. The first-order valence-electron chi connectivity index (χ1n) is 9.87. The molecule has 0 fully saturated rings. The molecule has 0 radical (unpaired) electrons. The van der Waals surface area contributed by atoms with E-state index in [4.69, 9.17) is 5.41 Å². The smallest absolute Gasteiger partial charge is 0.198 e. The van der Waals surface area contributed by atoms with E-state index < -0.39 is 0 Å². The first-order chi connectivity index (χ1) is 14.1. The zero-order valence-electron chi connectivity index (χ0n) is 16.7. The predicted molar refractivity (Wildman–Crippen MR) is 124 cm³/mol. The van der Waals surface area contributed by atoms with Crippen molar-refractivity contribution in [3.8, 4) is 0 Å². The zero-order chi connectivity index (χ0) is 20.0. The molecule has 3 heteroatoms. The number of nitrogens with one attached hydrogen (secondary N) is 1. The monoisotopic (exact) mass is 377 g/mol. The molecule has 0 spiro atoms. The molecule has 0 bridgehead atoms. The van der Waals surface area contributed by atoms with Crippen molar-refractivity contribution in [2.45, 2.75) is 6.54 Å². The van der Waals surface area contributed by atoms with Crippen LogP contribution in [0.2, 0.25) is 0 Å². The van der Waals surface area contributed by atoms with Crippen molar-refractivity contribution in [3.63, 3.8) is 0 Å². The maximum atomic E-state index is 8.83. The molecule has 0 saturated heterocycles. The van der Waals surface area contributed by atoms with Crippen molar-refractivity contribution in [1.29, 1.82) is 5.41 Å². The number of guanidine groups is 1. The van der Waals surface area contributed by atoms with Crippen LogP contribution in [0.1, 0.15) is 16.7 Å². The molecular formula is C26H23N3. The SMILES string of the molecule is CN(Cc1cccc2ccccc12)C(=N)N(C)c1ccc2c3c(cccc13)C=C2. The van der Waals surface area contributed by atoms with Crippen LogP contribution in [0.5, 0.6) is 0 Å². The van der Waals surface area contributed by atoms with Gasteiger partial charge in [-0.15, -0.1) is 0 Å². The maximum absolute atomic E-state index is 8.83. The summed E-state index contributed by atoms with van der Waals surface area (Å²) in [5, 5.41) is 13.8. The van der Waals surface area contributed by atoms with Crippen LogP contribution in [-0.4, -0.2) is 25.0 Å². The summed E-state index contributed by atoms with van der Waals surface area (Å²) in [6.07, 6.45) is 4.33. The lowest BCUT2D eigenvalue weighted by molar-refractivity contribution is 0.490. The van der Waals surface area contributed by atoms with E-state index in [9.17, 15) is 0 Å². The summed E-state index contributed by atoms with van der Waals surface area (Å²) in [4.78, 5) is 3.98. The van der Waals surface area contributed by atoms with Crippen LogP contribution in [0.4, 0.5) is 5.69 Å². The lowest BCUT2D eigenvalue weighted by Gasteiger charge is -2.29. The first-order valence-corrected chi connectivity index (χ1v) is 9.87. The van der Waals surface area contributed by atoms with Crippen LogP contribution >= 0.6 is 0 Å². The largest absolute Gasteiger partial charge is 0.341 e.